The van der Waals surface area contributed by atoms with Gasteiger partial charge < -0.3 is 10.6 Å². The maximum absolute atomic E-state index is 13.0. The first-order chi connectivity index (χ1) is 9.70. The van der Waals surface area contributed by atoms with Gasteiger partial charge in [-0.15, -0.1) is 0 Å². The van der Waals surface area contributed by atoms with E-state index in [0.29, 0.717) is 13.0 Å². The van der Waals surface area contributed by atoms with Crippen LogP contribution >= 0.6 is 0 Å². The van der Waals surface area contributed by atoms with Crippen LogP contribution in [0.1, 0.15) is 17.5 Å². The van der Waals surface area contributed by atoms with Crippen molar-refractivity contribution in [3.63, 3.8) is 0 Å². The van der Waals surface area contributed by atoms with Crippen molar-refractivity contribution < 1.29 is 18.0 Å². The molecule has 0 spiro atoms. The van der Waals surface area contributed by atoms with Crippen LogP contribution in [0, 0.1) is 0 Å². The van der Waals surface area contributed by atoms with Crippen molar-refractivity contribution in [2.45, 2.75) is 25.2 Å². The Hall–Kier alpha value is -1.76. The fraction of sp³-hybridized carbons (Fsp3) is 0.500. The second-order valence-corrected chi connectivity index (χ2v) is 5.44. The molecule has 1 atom stereocenters. The molecule has 0 saturated carbocycles. The largest absolute Gasteiger partial charge is 0.416 e. The molecule has 21 heavy (non-hydrogen) atoms. The third kappa shape index (κ3) is 3.29. The molecule has 0 aromatic heterocycles. The average Bonchev–Trinajstić information content (AvgIpc) is 2.72. The molecule has 2 N–H and O–H groups in total. The minimum atomic E-state index is -4.48. The van der Waals surface area contributed by atoms with Crippen LogP contribution in [0.4, 0.5) is 18.9 Å². The summed E-state index contributed by atoms with van der Waals surface area (Å²) in [5.41, 5.74) is 4.79. The molecule has 0 unspecified atom stereocenters. The molecule has 1 aromatic rings. The second kappa shape index (κ2) is 5.55. The Morgan fingerprint density at radius 1 is 1.38 bits per heavy atom. The molecule has 1 saturated heterocycles. The monoisotopic (exact) mass is 301 g/mol. The van der Waals surface area contributed by atoms with Crippen molar-refractivity contribution in [3.8, 4) is 0 Å². The number of nitrogens with zero attached hydrogens (tertiary/aromatic N) is 2. The van der Waals surface area contributed by atoms with Crippen LogP contribution in [0.25, 0.3) is 0 Å². The fourth-order valence-electron chi connectivity index (χ4n) is 2.56. The van der Waals surface area contributed by atoms with Crippen molar-refractivity contribution in [3.05, 3.63) is 29.3 Å². The van der Waals surface area contributed by atoms with Gasteiger partial charge in [0.25, 0.3) is 0 Å². The number of likely N-dealkylation sites (tertiary alicyclic amines) is 1. The third-order valence-corrected chi connectivity index (χ3v) is 3.69. The lowest BCUT2D eigenvalue weighted by molar-refractivity contribution is -0.139. The minimum absolute atomic E-state index is 0.0434. The Bertz CT molecular complexity index is 543. The first-order valence-corrected chi connectivity index (χ1v) is 6.61. The second-order valence-electron chi connectivity index (χ2n) is 5.44. The summed E-state index contributed by atoms with van der Waals surface area (Å²) in [5.74, 6) is -0.134. The number of carbonyl (C=O) groups is 1. The number of nitrogen functional groups attached to an aromatic ring is 1. The molecule has 1 fully saturated rings. The highest BCUT2D eigenvalue weighted by molar-refractivity contribution is 5.84. The van der Waals surface area contributed by atoms with E-state index in [0.717, 1.165) is 6.07 Å². The summed E-state index contributed by atoms with van der Waals surface area (Å²) < 4.78 is 39.1. The number of amides is 1. The van der Waals surface area contributed by atoms with Gasteiger partial charge >= 0.3 is 6.18 Å². The summed E-state index contributed by atoms with van der Waals surface area (Å²) in [6.45, 7) is 0.418. The number of carbonyl (C=O) groups excluding carboxylic acids is 1. The normalized spacial score (nSPS) is 19.6. The predicted molar refractivity (Wildman–Crippen MR) is 73.4 cm³/mol. The van der Waals surface area contributed by atoms with E-state index in [1.165, 1.54) is 17.0 Å². The van der Waals surface area contributed by atoms with Gasteiger partial charge in [-0.25, -0.2) is 0 Å². The maximum Gasteiger partial charge on any atom is 0.416 e. The Kier molecular flexibility index (Phi) is 4.13. The van der Waals surface area contributed by atoms with Crippen LogP contribution in [0.15, 0.2) is 18.2 Å². The SMILES string of the molecule is CN(C)[C@@H]1CCN(Cc2ccc(N)cc2C(F)(F)F)C1=O. The van der Waals surface area contributed by atoms with E-state index in [-0.39, 0.29) is 29.7 Å². The van der Waals surface area contributed by atoms with Gasteiger partial charge in [0.15, 0.2) is 0 Å². The lowest BCUT2D eigenvalue weighted by atomic mass is 10.1. The van der Waals surface area contributed by atoms with Gasteiger partial charge in [-0.05, 0) is 38.2 Å². The summed E-state index contributed by atoms with van der Waals surface area (Å²) in [6, 6.07) is 3.43. The van der Waals surface area contributed by atoms with E-state index >= 15 is 0 Å². The average molecular weight is 301 g/mol. The number of alkyl halides is 3. The van der Waals surface area contributed by atoms with Crippen LogP contribution in [-0.2, 0) is 17.5 Å². The molecule has 116 valence electrons. The van der Waals surface area contributed by atoms with Gasteiger partial charge in [0.2, 0.25) is 5.91 Å². The molecule has 4 nitrogen and oxygen atoms in total. The highest BCUT2D eigenvalue weighted by Gasteiger charge is 2.37. The number of halogens is 3. The van der Waals surface area contributed by atoms with Gasteiger partial charge in [-0.2, -0.15) is 13.2 Å². The molecule has 2 rings (SSSR count). The lowest BCUT2D eigenvalue weighted by Crippen LogP contribution is -2.37. The molecule has 0 aliphatic carbocycles. The predicted octanol–water partition coefficient (Wildman–Crippen LogP) is 1.95. The molecular formula is C14H18F3N3O. The Labute approximate surface area is 121 Å². The van der Waals surface area contributed by atoms with E-state index in [1.807, 2.05) is 0 Å². The molecular weight excluding hydrogens is 283 g/mol. The van der Waals surface area contributed by atoms with Gasteiger partial charge in [0, 0.05) is 18.8 Å². The highest BCUT2D eigenvalue weighted by atomic mass is 19.4. The van der Waals surface area contributed by atoms with E-state index in [9.17, 15) is 18.0 Å². The van der Waals surface area contributed by atoms with Crippen molar-refractivity contribution in [1.82, 2.24) is 9.80 Å². The Balaban J connectivity index is 2.23. The first-order valence-electron chi connectivity index (χ1n) is 6.61. The highest BCUT2D eigenvalue weighted by Crippen LogP contribution is 2.34. The quantitative estimate of drug-likeness (QED) is 0.868. The number of benzene rings is 1. The number of nitrogens with two attached hydrogens (primary N) is 1. The van der Waals surface area contributed by atoms with Gasteiger partial charge in [0.1, 0.15) is 0 Å². The van der Waals surface area contributed by atoms with Gasteiger partial charge in [-0.3, -0.25) is 9.69 Å². The molecule has 1 amide bonds. The zero-order chi connectivity index (χ0) is 15.8. The number of rotatable bonds is 3. The van der Waals surface area contributed by atoms with Crippen molar-refractivity contribution in [1.29, 1.82) is 0 Å². The zero-order valence-corrected chi connectivity index (χ0v) is 11.9. The molecule has 1 aromatic carbocycles. The fourth-order valence-corrected chi connectivity index (χ4v) is 2.56. The van der Waals surface area contributed by atoms with Crippen LogP contribution in [0.3, 0.4) is 0 Å². The first kappa shape index (κ1) is 15.6. The summed E-state index contributed by atoms with van der Waals surface area (Å²) in [5, 5.41) is 0. The van der Waals surface area contributed by atoms with Crippen LogP contribution in [0.2, 0.25) is 0 Å². The summed E-state index contributed by atoms with van der Waals surface area (Å²) >= 11 is 0. The van der Waals surface area contributed by atoms with E-state index in [2.05, 4.69) is 0 Å². The lowest BCUT2D eigenvalue weighted by Gasteiger charge is -2.22. The van der Waals surface area contributed by atoms with E-state index in [4.69, 9.17) is 5.73 Å². The van der Waals surface area contributed by atoms with Crippen LogP contribution in [-0.4, -0.2) is 42.4 Å². The third-order valence-electron chi connectivity index (χ3n) is 3.69. The maximum atomic E-state index is 13.0. The standard InChI is InChI=1S/C14H18F3N3O/c1-19(2)12-5-6-20(13(12)21)8-9-3-4-10(18)7-11(9)14(15,16)17/h3-4,7,12H,5-6,8,18H2,1-2H3/t12-/m1/s1. The smallest absolute Gasteiger partial charge is 0.399 e. The summed E-state index contributed by atoms with van der Waals surface area (Å²) in [7, 11) is 3.58. The van der Waals surface area contributed by atoms with Gasteiger partial charge in [-0.1, -0.05) is 6.07 Å². The summed E-state index contributed by atoms with van der Waals surface area (Å²) in [4.78, 5) is 15.4. The molecule has 0 radical (unpaired) electrons. The van der Waals surface area contributed by atoms with Crippen molar-refractivity contribution in [2.24, 2.45) is 0 Å². The number of anilines is 1. The molecule has 1 heterocycles. The van der Waals surface area contributed by atoms with Crippen molar-refractivity contribution in [2.75, 3.05) is 26.4 Å². The van der Waals surface area contributed by atoms with Gasteiger partial charge in [0.05, 0.1) is 11.6 Å². The number of hydrogen-bond donors (Lipinski definition) is 1. The minimum Gasteiger partial charge on any atom is -0.399 e. The Morgan fingerprint density at radius 3 is 2.57 bits per heavy atom. The molecule has 7 heteroatoms. The van der Waals surface area contributed by atoms with E-state index in [1.54, 1.807) is 19.0 Å². The number of hydrogen-bond acceptors (Lipinski definition) is 3. The van der Waals surface area contributed by atoms with Crippen molar-refractivity contribution >= 4 is 11.6 Å². The Morgan fingerprint density at radius 2 is 2.05 bits per heavy atom. The zero-order valence-electron chi connectivity index (χ0n) is 11.9. The van der Waals surface area contributed by atoms with E-state index < -0.39 is 11.7 Å². The topological polar surface area (TPSA) is 49.6 Å². The van der Waals surface area contributed by atoms with Crippen LogP contribution < -0.4 is 5.73 Å². The summed E-state index contributed by atoms with van der Waals surface area (Å²) in [6.07, 6.45) is -3.85. The molecule has 0 bridgehead atoms. The number of likely N-dealkylation sites (N-methyl/N-ethyl adjacent to an activating group) is 1. The molecule has 1 aliphatic heterocycles. The van der Waals surface area contributed by atoms with Crippen LogP contribution in [0.5, 0.6) is 0 Å². The molecule has 1 aliphatic rings.